The van der Waals surface area contributed by atoms with Crippen molar-refractivity contribution in [1.82, 2.24) is 29.6 Å². The zero-order valence-electron chi connectivity index (χ0n) is 20.3. The van der Waals surface area contributed by atoms with Gasteiger partial charge in [-0.15, -0.1) is 11.3 Å². The summed E-state index contributed by atoms with van der Waals surface area (Å²) in [6.45, 7) is 7.65. The normalized spacial score (nSPS) is 20.1. The van der Waals surface area contributed by atoms with E-state index in [9.17, 15) is 4.79 Å². The molecule has 0 atom stereocenters. The van der Waals surface area contributed by atoms with E-state index in [0.29, 0.717) is 17.0 Å². The van der Waals surface area contributed by atoms with Crippen molar-refractivity contribution >= 4 is 34.0 Å². The topological polar surface area (TPSA) is 89.7 Å². The highest BCUT2D eigenvalue weighted by atomic mass is 32.1. The molecule has 0 radical (unpaired) electrons. The van der Waals surface area contributed by atoms with Gasteiger partial charge >= 0.3 is 0 Å². The molecule has 8 nitrogen and oxygen atoms in total. The smallest absolute Gasteiger partial charge is 0.278 e. The Bertz CT molecular complexity index is 1540. The lowest BCUT2D eigenvalue weighted by molar-refractivity contribution is 0.382. The van der Waals surface area contributed by atoms with E-state index >= 15 is 0 Å². The Balaban J connectivity index is 1.30. The van der Waals surface area contributed by atoms with E-state index in [1.54, 1.807) is 17.5 Å². The van der Waals surface area contributed by atoms with Gasteiger partial charge in [0.1, 0.15) is 5.39 Å². The summed E-state index contributed by atoms with van der Waals surface area (Å²) in [5.74, 6) is 0.485. The van der Waals surface area contributed by atoms with Gasteiger partial charge in [0.05, 0.1) is 11.7 Å². The van der Waals surface area contributed by atoms with Crippen LogP contribution < -0.4 is 16.2 Å². The first-order valence-corrected chi connectivity index (χ1v) is 13.3. The van der Waals surface area contributed by atoms with Crippen molar-refractivity contribution in [2.24, 2.45) is 0 Å². The van der Waals surface area contributed by atoms with Gasteiger partial charge < -0.3 is 10.6 Å². The van der Waals surface area contributed by atoms with Crippen molar-refractivity contribution < 1.29 is 0 Å². The molecule has 3 aromatic heterocycles. The Morgan fingerprint density at radius 3 is 2.77 bits per heavy atom. The van der Waals surface area contributed by atoms with Crippen LogP contribution in [0.4, 0.5) is 11.6 Å². The Morgan fingerprint density at radius 2 is 2.00 bits per heavy atom. The van der Waals surface area contributed by atoms with Gasteiger partial charge in [0, 0.05) is 28.2 Å². The summed E-state index contributed by atoms with van der Waals surface area (Å²) in [6.07, 6.45) is 6.99. The van der Waals surface area contributed by atoms with Gasteiger partial charge in [-0.25, -0.2) is 19.3 Å². The van der Waals surface area contributed by atoms with Crippen LogP contribution in [0.2, 0.25) is 0 Å². The molecule has 35 heavy (non-hydrogen) atoms. The lowest BCUT2D eigenvalue weighted by Crippen LogP contribution is -2.42. The minimum atomic E-state index is -0.0352. The molecular weight excluding hydrogens is 458 g/mol. The Hall–Kier alpha value is -3.04. The first-order valence-electron chi connectivity index (χ1n) is 12.4. The fraction of sp³-hybridized carbons (Fsp3) is 0.462. The van der Waals surface area contributed by atoms with Gasteiger partial charge in [0.2, 0.25) is 11.1 Å². The quantitative estimate of drug-likeness (QED) is 0.429. The molecule has 180 valence electrons. The van der Waals surface area contributed by atoms with Crippen LogP contribution >= 0.6 is 11.3 Å². The molecule has 0 amide bonds. The standard InChI is InChI=1S/C26H29N7OS/c1-25(2)19-7-4-16(12-15(19)8-11-28-25)29-23-27-13-18-21(31-23)33(32(22(18)34)17-5-6-17)24-30-20(14-35-24)26(3)9-10-26/h4,7,12-14,17,28H,5-6,8-11H2,1-3H3,(H,27,29,31). The van der Waals surface area contributed by atoms with E-state index in [1.165, 1.54) is 24.0 Å². The summed E-state index contributed by atoms with van der Waals surface area (Å²) >= 11 is 1.59. The van der Waals surface area contributed by atoms with Crippen molar-refractivity contribution in [3.63, 3.8) is 0 Å². The Morgan fingerprint density at radius 1 is 1.17 bits per heavy atom. The van der Waals surface area contributed by atoms with Crippen LogP contribution in [0.5, 0.6) is 0 Å². The third-order valence-corrected chi connectivity index (χ3v) is 8.62. The number of anilines is 2. The lowest BCUT2D eigenvalue weighted by atomic mass is 9.85. The molecule has 2 saturated carbocycles. The lowest BCUT2D eigenvalue weighted by Gasteiger charge is -2.34. The number of rotatable bonds is 5. The summed E-state index contributed by atoms with van der Waals surface area (Å²) < 4.78 is 3.78. The second-order valence-electron chi connectivity index (χ2n) is 11.0. The molecule has 9 heteroatoms. The third kappa shape index (κ3) is 3.43. The molecule has 1 aliphatic heterocycles. The van der Waals surface area contributed by atoms with E-state index in [4.69, 9.17) is 9.97 Å². The van der Waals surface area contributed by atoms with E-state index in [1.807, 2.05) is 9.36 Å². The maximum Gasteiger partial charge on any atom is 0.278 e. The predicted molar refractivity (Wildman–Crippen MR) is 138 cm³/mol. The molecule has 0 bridgehead atoms. The second-order valence-corrected chi connectivity index (χ2v) is 11.8. The van der Waals surface area contributed by atoms with Gasteiger partial charge in [-0.1, -0.05) is 13.0 Å². The van der Waals surface area contributed by atoms with E-state index in [2.05, 4.69) is 60.0 Å². The highest BCUT2D eigenvalue weighted by molar-refractivity contribution is 7.12. The summed E-state index contributed by atoms with van der Waals surface area (Å²) in [5.41, 5.74) is 5.46. The summed E-state index contributed by atoms with van der Waals surface area (Å²) in [7, 11) is 0. The highest BCUT2D eigenvalue weighted by Crippen LogP contribution is 2.48. The predicted octanol–water partition coefficient (Wildman–Crippen LogP) is 4.55. The maximum atomic E-state index is 13.3. The van der Waals surface area contributed by atoms with Gasteiger partial charge in [0.15, 0.2) is 5.65 Å². The van der Waals surface area contributed by atoms with E-state index < -0.39 is 0 Å². The van der Waals surface area contributed by atoms with Crippen LogP contribution in [0.25, 0.3) is 16.2 Å². The van der Waals surface area contributed by atoms with Crippen LogP contribution in [0.3, 0.4) is 0 Å². The molecule has 4 aromatic rings. The zero-order valence-corrected chi connectivity index (χ0v) is 21.1. The fourth-order valence-electron chi connectivity index (χ4n) is 5.20. The first-order chi connectivity index (χ1) is 16.8. The van der Waals surface area contributed by atoms with Crippen LogP contribution in [0.1, 0.15) is 69.3 Å². The van der Waals surface area contributed by atoms with Gasteiger partial charge in [0.25, 0.3) is 5.56 Å². The molecule has 1 aromatic carbocycles. The van der Waals surface area contributed by atoms with Crippen LogP contribution in [-0.2, 0) is 17.4 Å². The van der Waals surface area contributed by atoms with Gasteiger partial charge in [-0.05, 0) is 75.8 Å². The van der Waals surface area contributed by atoms with E-state index in [-0.39, 0.29) is 22.6 Å². The van der Waals surface area contributed by atoms with E-state index in [0.717, 1.165) is 42.3 Å². The van der Waals surface area contributed by atoms with Crippen LogP contribution in [-0.4, -0.2) is 30.9 Å². The highest BCUT2D eigenvalue weighted by Gasteiger charge is 2.41. The molecule has 0 saturated heterocycles. The molecule has 2 N–H and O–H groups in total. The van der Waals surface area contributed by atoms with Crippen LogP contribution in [0.15, 0.2) is 34.6 Å². The largest absolute Gasteiger partial charge is 0.324 e. The second kappa shape index (κ2) is 7.24. The number of benzene rings is 1. The Labute approximate surface area is 207 Å². The minimum absolute atomic E-state index is 0.0343. The minimum Gasteiger partial charge on any atom is -0.324 e. The number of thiazole rings is 1. The number of hydrogen-bond acceptors (Lipinski definition) is 7. The molecule has 2 aliphatic carbocycles. The van der Waals surface area contributed by atoms with Gasteiger partial charge in [-0.3, -0.25) is 4.79 Å². The number of nitrogens with one attached hydrogen (secondary N) is 2. The monoisotopic (exact) mass is 487 g/mol. The molecule has 3 aliphatic rings. The summed E-state index contributed by atoms with van der Waals surface area (Å²) in [4.78, 5) is 27.6. The maximum absolute atomic E-state index is 13.3. The number of aromatic nitrogens is 5. The van der Waals surface area contributed by atoms with Crippen molar-refractivity contribution in [2.45, 2.75) is 69.9 Å². The number of nitrogens with zero attached hydrogens (tertiary/aromatic N) is 5. The molecule has 0 unspecified atom stereocenters. The zero-order chi connectivity index (χ0) is 23.9. The summed E-state index contributed by atoms with van der Waals surface area (Å²) in [6, 6.07) is 6.65. The fourth-order valence-corrected chi connectivity index (χ4v) is 6.18. The average Bonchev–Trinajstić information content (AvgIpc) is 3.73. The van der Waals surface area contributed by atoms with Crippen molar-refractivity contribution in [3.8, 4) is 5.13 Å². The van der Waals surface area contributed by atoms with Crippen molar-refractivity contribution in [3.05, 3.63) is 57.0 Å². The number of hydrogen-bond donors (Lipinski definition) is 2. The van der Waals surface area contributed by atoms with Crippen LogP contribution in [0, 0.1) is 0 Å². The van der Waals surface area contributed by atoms with Crippen molar-refractivity contribution in [1.29, 1.82) is 0 Å². The SMILES string of the molecule is CC1(c2csc(-n3c4nc(Nc5ccc6c(c5)CCNC6(C)C)ncc4c(=O)n3C3CC3)n2)CC1. The average molecular weight is 488 g/mol. The van der Waals surface area contributed by atoms with Gasteiger partial charge in [-0.2, -0.15) is 4.98 Å². The summed E-state index contributed by atoms with van der Waals surface area (Å²) in [5, 5.41) is 10.4. The molecule has 4 heterocycles. The molecular formula is C26H29N7OS. The molecule has 2 fully saturated rings. The number of fused-ring (bicyclic) bond motifs is 2. The van der Waals surface area contributed by atoms with Crippen molar-refractivity contribution in [2.75, 3.05) is 11.9 Å². The Kier molecular flexibility index (Phi) is 4.40. The first kappa shape index (κ1) is 21.3. The third-order valence-electron chi connectivity index (χ3n) is 7.80. The molecule has 7 rings (SSSR count). The molecule has 0 spiro atoms.